The van der Waals surface area contributed by atoms with E-state index in [9.17, 15) is 9.90 Å². The molecule has 3 heteroatoms. The van der Waals surface area contributed by atoms with Crippen molar-refractivity contribution in [3.05, 3.63) is 0 Å². The first-order valence-corrected chi connectivity index (χ1v) is 4.99. The largest absolute Gasteiger partial charge is 2.00 e. The van der Waals surface area contributed by atoms with Crippen LogP contribution in [0.5, 0.6) is 0 Å². The van der Waals surface area contributed by atoms with Crippen LogP contribution in [0.15, 0.2) is 0 Å². The van der Waals surface area contributed by atoms with Gasteiger partial charge in [0, 0.05) is 5.97 Å². The van der Waals surface area contributed by atoms with Crippen molar-refractivity contribution < 1.29 is 9.90 Å². The normalized spacial score (nSPS) is 17.8. The minimum Gasteiger partial charge on any atom is -0.550 e. The first kappa shape index (κ1) is 13.4. The Bertz CT molecular complexity index is 142. The third-order valence-electron chi connectivity index (χ3n) is 2.72. The van der Waals surface area contributed by atoms with Crippen LogP contribution in [0.3, 0.4) is 0 Å². The maximum absolute atomic E-state index is 10.1. The predicted molar refractivity (Wildman–Crippen MR) is 51.2 cm³/mol. The molecule has 0 heterocycles. The molecule has 0 spiro atoms. The molecule has 0 aliphatic heterocycles. The van der Waals surface area contributed by atoms with Crippen molar-refractivity contribution in [3.8, 4) is 0 Å². The van der Waals surface area contributed by atoms with Gasteiger partial charge in [-0.15, -0.1) is 0 Å². The molecule has 0 aromatic heterocycles. The van der Waals surface area contributed by atoms with Crippen LogP contribution in [-0.4, -0.2) is 33.3 Å². The van der Waals surface area contributed by atoms with Gasteiger partial charge in [-0.25, -0.2) is 0 Å². The van der Waals surface area contributed by atoms with Crippen molar-refractivity contribution in [2.75, 3.05) is 0 Å². The molecule has 1 rings (SSSR count). The van der Waals surface area contributed by atoms with Crippen LogP contribution < -0.4 is 5.11 Å². The van der Waals surface area contributed by atoms with Gasteiger partial charge in [0.2, 0.25) is 0 Å². The summed E-state index contributed by atoms with van der Waals surface area (Å²) in [4.78, 5) is 10.1. The summed E-state index contributed by atoms with van der Waals surface area (Å²) in [5, 5.41) is 10.1. The van der Waals surface area contributed by atoms with Crippen LogP contribution in [0.2, 0.25) is 0 Å². The smallest absolute Gasteiger partial charge is 0.550 e. The van der Waals surface area contributed by atoms with Gasteiger partial charge in [-0.3, -0.25) is 0 Å². The number of carbonyl (C=O) groups is 1. The van der Waals surface area contributed by atoms with Crippen molar-refractivity contribution in [2.45, 2.75) is 51.4 Å². The first-order valence-electron chi connectivity index (χ1n) is 4.99. The maximum Gasteiger partial charge on any atom is 2.00 e. The molecule has 13 heavy (non-hydrogen) atoms. The molecule has 2 radical (unpaired) electrons. The molecule has 0 saturated heterocycles. The van der Waals surface area contributed by atoms with Gasteiger partial charge in [-0.1, -0.05) is 38.5 Å². The first-order chi connectivity index (χ1) is 5.79. The van der Waals surface area contributed by atoms with Gasteiger partial charge in [0.05, 0.1) is 0 Å². The second-order valence-corrected chi connectivity index (χ2v) is 3.77. The summed E-state index contributed by atoms with van der Waals surface area (Å²) < 4.78 is 0. The van der Waals surface area contributed by atoms with E-state index >= 15 is 0 Å². The molecule has 0 bridgehead atoms. The molecule has 72 valence electrons. The Morgan fingerprint density at radius 1 is 1.23 bits per heavy atom. The van der Waals surface area contributed by atoms with Crippen LogP contribution in [0.1, 0.15) is 51.4 Å². The molecule has 0 aromatic carbocycles. The molecule has 1 fully saturated rings. The van der Waals surface area contributed by atoms with E-state index in [2.05, 4.69) is 0 Å². The average molecular weight is 376 g/mol. The molecule has 0 aromatic rings. The summed E-state index contributed by atoms with van der Waals surface area (Å²) in [7, 11) is 0. The average Bonchev–Trinajstić information content (AvgIpc) is 2.05. The summed E-state index contributed by atoms with van der Waals surface area (Å²) in [5.41, 5.74) is 0. The zero-order chi connectivity index (χ0) is 8.81. The maximum atomic E-state index is 10.1. The molecule has 0 atom stereocenters. The number of aliphatic carboxylic acids is 1. The number of carbonyl (C=O) groups excluding carboxylic acids is 1. The third-order valence-corrected chi connectivity index (χ3v) is 2.72. The van der Waals surface area contributed by atoms with E-state index in [1.54, 1.807) is 0 Å². The number of rotatable bonds is 4. The summed E-state index contributed by atoms with van der Waals surface area (Å²) >= 11 is 0. The standard InChI is InChI=1S/C10H18O2.Pb/c11-10(12)8-4-7-9-5-2-1-3-6-9;/h9H,1-8H2,(H,11,12);/q;+2/p-1. The molecule has 1 aliphatic carbocycles. The molecule has 1 aliphatic rings. The van der Waals surface area contributed by atoms with Gasteiger partial charge in [0.1, 0.15) is 0 Å². The number of hydrogen-bond donors (Lipinski definition) is 0. The number of carboxylic acids is 1. The summed E-state index contributed by atoms with van der Waals surface area (Å²) in [6.07, 6.45) is 8.83. The van der Waals surface area contributed by atoms with Crippen molar-refractivity contribution in [1.29, 1.82) is 0 Å². The van der Waals surface area contributed by atoms with Crippen molar-refractivity contribution in [2.24, 2.45) is 5.92 Å². The zero-order valence-corrected chi connectivity index (χ0v) is 11.9. The monoisotopic (exact) mass is 377 g/mol. The molecule has 0 amide bonds. The van der Waals surface area contributed by atoms with Gasteiger partial charge in [-0.2, -0.15) is 0 Å². The van der Waals surface area contributed by atoms with Crippen LogP contribution in [0.4, 0.5) is 0 Å². The Kier molecular flexibility index (Phi) is 8.00. The van der Waals surface area contributed by atoms with Crippen LogP contribution in [-0.2, 0) is 4.79 Å². The Morgan fingerprint density at radius 3 is 2.38 bits per heavy atom. The van der Waals surface area contributed by atoms with E-state index in [0.29, 0.717) is 0 Å². The Hall–Kier alpha value is 0.392. The van der Waals surface area contributed by atoms with Gasteiger partial charge in [-0.05, 0) is 18.8 Å². The second kappa shape index (κ2) is 7.76. The van der Waals surface area contributed by atoms with E-state index in [4.69, 9.17) is 0 Å². The van der Waals surface area contributed by atoms with Crippen LogP contribution >= 0.6 is 0 Å². The van der Waals surface area contributed by atoms with Crippen molar-refractivity contribution in [1.82, 2.24) is 0 Å². The third kappa shape index (κ3) is 6.46. The van der Waals surface area contributed by atoms with E-state index in [1.165, 1.54) is 32.1 Å². The van der Waals surface area contributed by atoms with Gasteiger partial charge in [0.15, 0.2) is 0 Å². The van der Waals surface area contributed by atoms with E-state index < -0.39 is 5.97 Å². The quantitative estimate of drug-likeness (QED) is 0.690. The molecule has 0 N–H and O–H groups in total. The number of carboxylic acid groups (broad SMARTS) is 1. The molecule has 1 saturated carbocycles. The van der Waals surface area contributed by atoms with Crippen LogP contribution in [0.25, 0.3) is 0 Å². The summed E-state index contributed by atoms with van der Waals surface area (Å²) in [6, 6.07) is 0. The minimum absolute atomic E-state index is 0. The minimum atomic E-state index is -0.897. The Labute approximate surface area is 100 Å². The van der Waals surface area contributed by atoms with Gasteiger partial charge < -0.3 is 9.90 Å². The summed E-state index contributed by atoms with van der Waals surface area (Å²) in [5.74, 6) is -0.0936. The molecule has 2 nitrogen and oxygen atoms in total. The topological polar surface area (TPSA) is 40.1 Å². The fourth-order valence-corrected chi connectivity index (χ4v) is 2.01. The predicted octanol–water partition coefficient (Wildman–Crippen LogP) is 1.11. The molecular formula is C10H17O2Pb+. The van der Waals surface area contributed by atoms with E-state index in [1.807, 2.05) is 0 Å². The zero-order valence-electron chi connectivity index (χ0n) is 8.05. The Morgan fingerprint density at radius 2 is 1.85 bits per heavy atom. The fraction of sp³-hybridized carbons (Fsp3) is 0.900. The van der Waals surface area contributed by atoms with E-state index in [-0.39, 0.29) is 33.7 Å². The fourth-order valence-electron chi connectivity index (χ4n) is 2.01. The summed E-state index contributed by atoms with van der Waals surface area (Å²) in [6.45, 7) is 0. The molecular weight excluding hydrogens is 359 g/mol. The van der Waals surface area contributed by atoms with Crippen molar-refractivity contribution in [3.63, 3.8) is 0 Å². The SMILES string of the molecule is O=C([O-])CCCC1CCCCC1.[Pb+2]. The van der Waals surface area contributed by atoms with Crippen LogP contribution in [0, 0.1) is 5.92 Å². The second-order valence-electron chi connectivity index (χ2n) is 3.77. The van der Waals surface area contributed by atoms with Gasteiger partial charge >= 0.3 is 27.3 Å². The Balaban J connectivity index is 0.00000144. The number of hydrogen-bond acceptors (Lipinski definition) is 2. The van der Waals surface area contributed by atoms with Gasteiger partial charge in [0.25, 0.3) is 0 Å². The van der Waals surface area contributed by atoms with Crippen molar-refractivity contribution >= 4 is 33.3 Å². The van der Waals surface area contributed by atoms with E-state index in [0.717, 1.165) is 18.8 Å². The molecule has 0 unspecified atom stereocenters.